The Hall–Kier alpha value is -2.28. The first-order valence-electron chi connectivity index (χ1n) is 9.01. The lowest BCUT2D eigenvalue weighted by Crippen LogP contribution is -2.13. The van der Waals surface area contributed by atoms with Gasteiger partial charge in [-0.3, -0.25) is 4.79 Å². The number of carbonyl (C=O) groups excluding carboxylic acids is 1. The summed E-state index contributed by atoms with van der Waals surface area (Å²) in [4.78, 5) is 14.5. The fourth-order valence-electron chi connectivity index (χ4n) is 3.32. The van der Waals surface area contributed by atoms with Gasteiger partial charge in [0.05, 0.1) is 9.77 Å². The summed E-state index contributed by atoms with van der Waals surface area (Å²) in [6, 6.07) is 13.3. The predicted octanol–water partition coefficient (Wildman–Crippen LogP) is 5.25. The minimum Gasteiger partial charge on any atom is -0.293 e. The average molecular weight is 414 g/mol. The second kappa shape index (κ2) is 7.62. The van der Waals surface area contributed by atoms with E-state index in [1.54, 1.807) is 19.1 Å². The van der Waals surface area contributed by atoms with Gasteiger partial charge in [-0.05, 0) is 49.1 Å². The number of sulfonamides is 1. The molecule has 0 amide bonds. The van der Waals surface area contributed by atoms with Crippen LogP contribution < -0.4 is 5.14 Å². The van der Waals surface area contributed by atoms with Crippen molar-refractivity contribution in [3.63, 3.8) is 0 Å². The summed E-state index contributed by atoms with van der Waals surface area (Å²) in [6.07, 6.45) is 0.411. The third-order valence-electron chi connectivity index (χ3n) is 4.81. The third kappa shape index (κ3) is 3.81. The molecule has 0 atom stereocenters. The highest BCUT2D eigenvalue weighted by atomic mass is 32.2. The summed E-state index contributed by atoms with van der Waals surface area (Å²) >= 11 is 1.50. The Morgan fingerprint density at radius 1 is 1.00 bits per heavy atom. The molecule has 28 heavy (non-hydrogen) atoms. The number of ketones is 1. The fraction of sp³-hybridized carbons (Fsp3) is 0.227. The Kier molecular flexibility index (Phi) is 5.57. The SMILES string of the molecule is CCC(=O)c1sc(-c2ccc(C)cc2)c(C)c1-c1ccc(S(N)(=O)=O)c(C)c1. The summed E-state index contributed by atoms with van der Waals surface area (Å²) in [5.74, 6) is 0.0784. The van der Waals surface area contributed by atoms with Crippen LogP contribution in [0.2, 0.25) is 0 Å². The van der Waals surface area contributed by atoms with E-state index >= 15 is 0 Å². The molecule has 0 aliphatic rings. The van der Waals surface area contributed by atoms with Gasteiger partial charge in [-0.25, -0.2) is 13.6 Å². The molecule has 0 saturated heterocycles. The van der Waals surface area contributed by atoms with Crippen molar-refractivity contribution in [2.24, 2.45) is 5.14 Å². The predicted molar refractivity (Wildman–Crippen MR) is 115 cm³/mol. The van der Waals surface area contributed by atoms with Gasteiger partial charge in [0.2, 0.25) is 10.0 Å². The Labute approximate surface area is 170 Å². The van der Waals surface area contributed by atoms with E-state index in [9.17, 15) is 13.2 Å². The van der Waals surface area contributed by atoms with Crippen LogP contribution >= 0.6 is 11.3 Å². The molecule has 6 heteroatoms. The number of carbonyl (C=O) groups is 1. The monoisotopic (exact) mass is 413 g/mol. The molecule has 1 aromatic heterocycles. The lowest BCUT2D eigenvalue weighted by molar-refractivity contribution is 0.0992. The third-order valence-corrected chi connectivity index (χ3v) is 7.26. The average Bonchev–Trinajstić information content (AvgIpc) is 2.98. The van der Waals surface area contributed by atoms with Crippen molar-refractivity contribution in [1.82, 2.24) is 0 Å². The first-order valence-corrected chi connectivity index (χ1v) is 11.4. The molecule has 146 valence electrons. The van der Waals surface area contributed by atoms with Gasteiger partial charge >= 0.3 is 0 Å². The maximum absolute atomic E-state index is 12.7. The van der Waals surface area contributed by atoms with E-state index in [4.69, 9.17) is 5.14 Å². The summed E-state index contributed by atoms with van der Waals surface area (Å²) in [6.45, 7) is 7.62. The van der Waals surface area contributed by atoms with Gasteiger partial charge in [0.1, 0.15) is 0 Å². The quantitative estimate of drug-likeness (QED) is 0.581. The minimum atomic E-state index is -3.78. The molecule has 0 fully saturated rings. The van der Waals surface area contributed by atoms with E-state index in [1.807, 2.05) is 20.8 Å². The molecule has 3 rings (SSSR count). The number of hydrogen-bond acceptors (Lipinski definition) is 4. The molecule has 0 radical (unpaired) electrons. The first-order chi connectivity index (χ1) is 13.1. The molecule has 0 aliphatic heterocycles. The number of rotatable bonds is 5. The van der Waals surface area contributed by atoms with Crippen molar-refractivity contribution in [3.8, 4) is 21.6 Å². The highest BCUT2D eigenvalue weighted by molar-refractivity contribution is 7.89. The number of primary sulfonamides is 1. The highest BCUT2D eigenvalue weighted by Crippen LogP contribution is 2.43. The summed E-state index contributed by atoms with van der Waals surface area (Å²) in [7, 11) is -3.78. The van der Waals surface area contributed by atoms with Crippen LogP contribution in [0.5, 0.6) is 0 Å². The molecule has 0 saturated carbocycles. The number of thiophene rings is 1. The van der Waals surface area contributed by atoms with Gasteiger partial charge in [-0.15, -0.1) is 11.3 Å². The van der Waals surface area contributed by atoms with Gasteiger partial charge in [-0.2, -0.15) is 0 Å². The summed E-state index contributed by atoms with van der Waals surface area (Å²) in [5.41, 5.74) is 5.54. The van der Waals surface area contributed by atoms with E-state index in [0.717, 1.165) is 27.1 Å². The standard InChI is InChI=1S/C22H23NO3S2/c1-5-18(24)22-20(17-10-11-19(14(3)12-17)28(23,25)26)15(4)21(27-22)16-8-6-13(2)7-9-16/h6-12H,5H2,1-4H3,(H2,23,25,26). The van der Waals surface area contributed by atoms with Crippen LogP contribution in [0.1, 0.15) is 39.7 Å². The maximum atomic E-state index is 12.7. The molecular formula is C22H23NO3S2. The van der Waals surface area contributed by atoms with E-state index in [2.05, 4.69) is 24.3 Å². The van der Waals surface area contributed by atoms with Gasteiger partial charge in [0.25, 0.3) is 0 Å². The number of benzene rings is 2. The normalized spacial score (nSPS) is 11.6. The van der Waals surface area contributed by atoms with Crippen molar-refractivity contribution in [2.75, 3.05) is 0 Å². The zero-order chi connectivity index (χ0) is 20.6. The van der Waals surface area contributed by atoms with Crippen LogP contribution in [-0.2, 0) is 10.0 Å². The van der Waals surface area contributed by atoms with Crippen molar-refractivity contribution in [3.05, 3.63) is 64.0 Å². The van der Waals surface area contributed by atoms with E-state index in [1.165, 1.54) is 23.0 Å². The topological polar surface area (TPSA) is 77.2 Å². The second-order valence-electron chi connectivity index (χ2n) is 6.93. The number of aryl methyl sites for hydroxylation is 2. The Morgan fingerprint density at radius 3 is 2.14 bits per heavy atom. The van der Waals surface area contributed by atoms with Gasteiger partial charge in [0.15, 0.2) is 5.78 Å². The van der Waals surface area contributed by atoms with Crippen LogP contribution in [0.25, 0.3) is 21.6 Å². The second-order valence-corrected chi connectivity index (χ2v) is 9.48. The van der Waals surface area contributed by atoms with Crippen molar-refractivity contribution >= 4 is 27.1 Å². The maximum Gasteiger partial charge on any atom is 0.238 e. The number of nitrogens with two attached hydrogens (primary N) is 1. The number of hydrogen-bond donors (Lipinski definition) is 1. The molecule has 1 heterocycles. The molecule has 0 unspecified atom stereocenters. The van der Waals surface area contributed by atoms with Crippen molar-refractivity contribution in [1.29, 1.82) is 0 Å². The van der Waals surface area contributed by atoms with E-state index in [0.29, 0.717) is 16.9 Å². The summed E-state index contributed by atoms with van der Waals surface area (Å²) < 4.78 is 23.5. The molecule has 2 aromatic carbocycles. The highest BCUT2D eigenvalue weighted by Gasteiger charge is 2.22. The van der Waals surface area contributed by atoms with E-state index < -0.39 is 10.0 Å². The number of Topliss-reactive ketones (excluding diaryl/α,β-unsaturated/α-hetero) is 1. The smallest absolute Gasteiger partial charge is 0.238 e. The van der Waals surface area contributed by atoms with Gasteiger partial charge in [-0.1, -0.05) is 48.9 Å². The van der Waals surface area contributed by atoms with E-state index in [-0.39, 0.29) is 10.7 Å². The Bertz CT molecular complexity index is 1160. The van der Waals surface area contributed by atoms with Crippen molar-refractivity contribution < 1.29 is 13.2 Å². The van der Waals surface area contributed by atoms with Gasteiger partial charge < -0.3 is 0 Å². The zero-order valence-electron chi connectivity index (χ0n) is 16.4. The lowest BCUT2D eigenvalue weighted by Gasteiger charge is -2.09. The fourth-order valence-corrected chi connectivity index (χ4v) is 5.43. The van der Waals surface area contributed by atoms with Crippen LogP contribution in [-0.4, -0.2) is 14.2 Å². The lowest BCUT2D eigenvalue weighted by atomic mass is 9.96. The van der Waals surface area contributed by atoms with Crippen molar-refractivity contribution in [2.45, 2.75) is 39.0 Å². The largest absolute Gasteiger partial charge is 0.293 e. The van der Waals surface area contributed by atoms with Crippen LogP contribution in [0.15, 0.2) is 47.4 Å². The Morgan fingerprint density at radius 2 is 1.61 bits per heavy atom. The molecule has 0 spiro atoms. The van der Waals surface area contributed by atoms with Crippen LogP contribution in [0.4, 0.5) is 0 Å². The van der Waals surface area contributed by atoms with Crippen LogP contribution in [0, 0.1) is 20.8 Å². The molecule has 4 nitrogen and oxygen atoms in total. The molecule has 3 aromatic rings. The zero-order valence-corrected chi connectivity index (χ0v) is 18.0. The van der Waals surface area contributed by atoms with Gasteiger partial charge in [0, 0.05) is 16.9 Å². The molecule has 0 bridgehead atoms. The summed E-state index contributed by atoms with van der Waals surface area (Å²) in [5, 5.41) is 5.29. The Balaban J connectivity index is 2.24. The first kappa shape index (κ1) is 20.5. The van der Waals surface area contributed by atoms with Crippen LogP contribution in [0.3, 0.4) is 0 Å². The minimum absolute atomic E-state index is 0.0784. The molecule has 2 N–H and O–H groups in total. The molecular weight excluding hydrogens is 390 g/mol. The molecule has 0 aliphatic carbocycles.